The van der Waals surface area contributed by atoms with Crippen LogP contribution < -0.4 is 10.1 Å². The van der Waals surface area contributed by atoms with Crippen LogP contribution in [-0.2, 0) is 11.2 Å². The molecular formula is C21H31N5O3. The van der Waals surface area contributed by atoms with Crippen molar-refractivity contribution in [3.8, 4) is 6.01 Å². The maximum atomic E-state index is 11.2. The predicted molar refractivity (Wildman–Crippen MR) is 111 cm³/mol. The van der Waals surface area contributed by atoms with Gasteiger partial charge in [-0.1, -0.05) is 19.3 Å². The second-order valence-corrected chi connectivity index (χ2v) is 6.88. The van der Waals surface area contributed by atoms with Crippen LogP contribution in [0.3, 0.4) is 0 Å². The van der Waals surface area contributed by atoms with Crippen molar-refractivity contribution >= 4 is 11.9 Å². The van der Waals surface area contributed by atoms with Crippen molar-refractivity contribution in [3.63, 3.8) is 0 Å². The van der Waals surface area contributed by atoms with Gasteiger partial charge in [0.1, 0.15) is 0 Å². The number of carbonyl (C=O) groups is 1. The van der Waals surface area contributed by atoms with Crippen LogP contribution in [0.25, 0.3) is 0 Å². The van der Waals surface area contributed by atoms with Gasteiger partial charge in [0.15, 0.2) is 0 Å². The highest BCUT2D eigenvalue weighted by molar-refractivity contribution is 5.68. The molecule has 0 aliphatic heterocycles. The molecule has 0 fully saturated rings. The molecule has 8 nitrogen and oxygen atoms in total. The van der Waals surface area contributed by atoms with Gasteiger partial charge in [-0.05, 0) is 50.7 Å². The first-order valence-corrected chi connectivity index (χ1v) is 10.3. The van der Waals surface area contributed by atoms with Crippen LogP contribution >= 0.6 is 0 Å². The highest BCUT2D eigenvalue weighted by Gasteiger charge is 2.16. The third kappa shape index (κ3) is 8.41. The molecular weight excluding hydrogens is 370 g/mol. The zero-order valence-electron chi connectivity index (χ0n) is 17.3. The van der Waals surface area contributed by atoms with E-state index in [0.29, 0.717) is 18.6 Å². The van der Waals surface area contributed by atoms with Crippen molar-refractivity contribution in [2.45, 2.75) is 64.7 Å². The van der Waals surface area contributed by atoms with Crippen LogP contribution in [0.4, 0.5) is 5.95 Å². The van der Waals surface area contributed by atoms with E-state index in [1.807, 2.05) is 19.9 Å². The van der Waals surface area contributed by atoms with E-state index in [2.05, 4.69) is 25.3 Å². The first kappa shape index (κ1) is 22.5. The summed E-state index contributed by atoms with van der Waals surface area (Å²) in [6.07, 6.45) is 11.1. The quantitative estimate of drug-likeness (QED) is 0.459. The molecule has 2 heterocycles. The number of nitrogens with zero attached hydrogens (tertiary/aromatic N) is 4. The molecule has 1 atom stereocenters. The lowest BCUT2D eigenvalue weighted by molar-refractivity contribution is -0.137. The van der Waals surface area contributed by atoms with Crippen molar-refractivity contribution in [2.24, 2.45) is 0 Å². The molecule has 2 aromatic heterocycles. The monoisotopic (exact) mass is 401 g/mol. The van der Waals surface area contributed by atoms with Gasteiger partial charge < -0.3 is 15.2 Å². The number of nitrogens with one attached hydrogen (secondary N) is 1. The number of rotatable bonds is 14. The van der Waals surface area contributed by atoms with Crippen molar-refractivity contribution in [3.05, 3.63) is 35.9 Å². The van der Waals surface area contributed by atoms with Gasteiger partial charge in [-0.3, -0.25) is 4.79 Å². The maximum absolute atomic E-state index is 11.2. The minimum atomic E-state index is -0.802. The summed E-state index contributed by atoms with van der Waals surface area (Å²) < 4.78 is 5.25. The Kier molecular flexibility index (Phi) is 9.82. The summed E-state index contributed by atoms with van der Waals surface area (Å²) in [6, 6.07) is 2.28. The average Bonchev–Trinajstić information content (AvgIpc) is 2.71. The summed E-state index contributed by atoms with van der Waals surface area (Å²) in [5.74, 6) is -0.198. The fourth-order valence-corrected chi connectivity index (χ4v) is 3.17. The lowest BCUT2D eigenvalue weighted by Gasteiger charge is -2.15. The Morgan fingerprint density at radius 2 is 1.90 bits per heavy atom. The number of carboxylic acid groups (broad SMARTS) is 1. The second-order valence-electron chi connectivity index (χ2n) is 6.88. The van der Waals surface area contributed by atoms with Gasteiger partial charge in [0.05, 0.1) is 13.0 Å². The van der Waals surface area contributed by atoms with Crippen LogP contribution in [0, 0.1) is 0 Å². The van der Waals surface area contributed by atoms with E-state index in [-0.39, 0.29) is 12.3 Å². The Labute approximate surface area is 172 Å². The molecule has 2 rings (SSSR count). The van der Waals surface area contributed by atoms with Crippen molar-refractivity contribution in [1.82, 2.24) is 19.9 Å². The highest BCUT2D eigenvalue weighted by Crippen LogP contribution is 2.26. The molecule has 1 unspecified atom stereocenters. The predicted octanol–water partition coefficient (Wildman–Crippen LogP) is 3.85. The SMILES string of the molecule is CCNc1nccc(CCCCCCC(CC(=O)O)c2cnc(OCC)nc2)n1. The number of carboxylic acids is 1. The minimum Gasteiger partial charge on any atom is -0.481 e. The lowest BCUT2D eigenvalue weighted by atomic mass is 9.92. The van der Waals surface area contributed by atoms with Crippen molar-refractivity contribution < 1.29 is 14.6 Å². The second kappa shape index (κ2) is 12.6. The number of unbranched alkanes of at least 4 members (excludes halogenated alkanes) is 3. The Bertz CT molecular complexity index is 739. The molecule has 2 aromatic rings. The standard InChI is InChI=1S/C21H31N5O3/c1-3-22-20-23-12-11-18(26-20)10-8-6-5-7-9-16(13-19(27)28)17-14-24-21(25-15-17)29-4-2/h11-12,14-16H,3-10,13H2,1-2H3,(H,27,28)(H,22,23,26). The smallest absolute Gasteiger partial charge is 0.316 e. The number of aliphatic carboxylic acids is 1. The Morgan fingerprint density at radius 1 is 1.14 bits per heavy atom. The third-order valence-corrected chi connectivity index (χ3v) is 4.60. The lowest BCUT2D eigenvalue weighted by Crippen LogP contribution is -2.08. The summed E-state index contributed by atoms with van der Waals surface area (Å²) in [5.41, 5.74) is 1.90. The van der Waals surface area contributed by atoms with Crippen LogP contribution in [0.2, 0.25) is 0 Å². The van der Waals surface area contributed by atoms with E-state index in [0.717, 1.165) is 56.3 Å². The molecule has 0 radical (unpaired) electrons. The largest absolute Gasteiger partial charge is 0.481 e. The number of anilines is 1. The Balaban J connectivity index is 1.75. The molecule has 0 spiro atoms. The summed E-state index contributed by atoms with van der Waals surface area (Å²) in [5, 5.41) is 12.4. The fraction of sp³-hybridized carbons (Fsp3) is 0.571. The van der Waals surface area contributed by atoms with Gasteiger partial charge in [-0.2, -0.15) is 0 Å². The average molecular weight is 402 g/mol. The van der Waals surface area contributed by atoms with Gasteiger partial charge in [0.25, 0.3) is 0 Å². The van der Waals surface area contributed by atoms with Gasteiger partial charge in [0.2, 0.25) is 5.95 Å². The van der Waals surface area contributed by atoms with Crippen LogP contribution in [0.1, 0.15) is 69.5 Å². The van der Waals surface area contributed by atoms with Crippen LogP contribution in [-0.4, -0.2) is 44.2 Å². The van der Waals surface area contributed by atoms with E-state index in [1.54, 1.807) is 18.6 Å². The van der Waals surface area contributed by atoms with Crippen LogP contribution in [0.15, 0.2) is 24.7 Å². The first-order chi connectivity index (χ1) is 14.1. The number of ether oxygens (including phenoxy) is 1. The molecule has 0 aliphatic rings. The summed E-state index contributed by atoms with van der Waals surface area (Å²) in [6.45, 7) is 5.20. The molecule has 0 saturated heterocycles. The molecule has 158 valence electrons. The van der Waals surface area contributed by atoms with E-state index in [4.69, 9.17) is 4.74 Å². The number of hydrogen-bond acceptors (Lipinski definition) is 7. The van der Waals surface area contributed by atoms with E-state index in [1.165, 1.54) is 0 Å². The molecule has 0 aromatic carbocycles. The normalized spacial score (nSPS) is 11.8. The molecule has 0 amide bonds. The molecule has 29 heavy (non-hydrogen) atoms. The fourth-order valence-electron chi connectivity index (χ4n) is 3.17. The van der Waals surface area contributed by atoms with E-state index in [9.17, 15) is 9.90 Å². The minimum absolute atomic E-state index is 0.0762. The summed E-state index contributed by atoms with van der Waals surface area (Å²) in [4.78, 5) is 28.2. The summed E-state index contributed by atoms with van der Waals surface area (Å²) in [7, 11) is 0. The van der Waals surface area contributed by atoms with E-state index < -0.39 is 5.97 Å². The number of aromatic nitrogens is 4. The number of hydrogen-bond donors (Lipinski definition) is 2. The molecule has 0 bridgehead atoms. The van der Waals surface area contributed by atoms with Crippen molar-refractivity contribution in [1.29, 1.82) is 0 Å². The van der Waals surface area contributed by atoms with Gasteiger partial charge >= 0.3 is 12.0 Å². The summed E-state index contributed by atoms with van der Waals surface area (Å²) >= 11 is 0. The van der Waals surface area contributed by atoms with Crippen molar-refractivity contribution in [2.75, 3.05) is 18.5 Å². The Hall–Kier alpha value is -2.77. The topological polar surface area (TPSA) is 110 Å². The molecule has 2 N–H and O–H groups in total. The van der Waals surface area contributed by atoms with Gasteiger partial charge in [0, 0.05) is 30.8 Å². The molecule has 0 saturated carbocycles. The van der Waals surface area contributed by atoms with Gasteiger partial charge in [-0.25, -0.2) is 19.9 Å². The van der Waals surface area contributed by atoms with Gasteiger partial charge in [-0.15, -0.1) is 0 Å². The zero-order chi connectivity index (χ0) is 20.9. The highest BCUT2D eigenvalue weighted by atomic mass is 16.5. The first-order valence-electron chi connectivity index (χ1n) is 10.3. The maximum Gasteiger partial charge on any atom is 0.316 e. The van der Waals surface area contributed by atoms with Crippen LogP contribution in [0.5, 0.6) is 6.01 Å². The van der Waals surface area contributed by atoms with E-state index >= 15 is 0 Å². The molecule has 8 heteroatoms. The number of aryl methyl sites for hydroxylation is 1. The molecule has 0 aliphatic carbocycles. The Morgan fingerprint density at radius 3 is 2.59 bits per heavy atom. The zero-order valence-corrected chi connectivity index (χ0v) is 17.3. The third-order valence-electron chi connectivity index (χ3n) is 4.60.